The molecule has 0 heterocycles. The van der Waals surface area contributed by atoms with Gasteiger partial charge in [0.1, 0.15) is 5.60 Å². The molecule has 0 aromatic carbocycles. The van der Waals surface area contributed by atoms with Crippen molar-refractivity contribution in [2.45, 2.75) is 59.6 Å². The maximum atomic E-state index is 11.7. The molecule has 1 amide bonds. The van der Waals surface area contributed by atoms with Crippen LogP contribution in [0.4, 0.5) is 4.79 Å². The molecule has 0 fully saturated rings. The van der Waals surface area contributed by atoms with Crippen molar-refractivity contribution >= 4 is 17.9 Å². The number of nitrogens with one attached hydrogen (secondary N) is 1. The standard InChI is InChI=1S/C14H27NO2S/c1-10(2)8-12(9-18-11(3)4)15-13(16)17-14(5,6)7/h10,12H,3,8-9H2,1-2,4-7H3,(H,15,16)/t12-/m0/s1. The normalized spacial score (nSPS) is 13.3. The number of carbonyl (C=O) groups is 1. The minimum absolute atomic E-state index is 0.126. The van der Waals surface area contributed by atoms with Crippen molar-refractivity contribution < 1.29 is 9.53 Å². The molecule has 1 atom stereocenters. The summed E-state index contributed by atoms with van der Waals surface area (Å²) in [5, 5.41) is 2.94. The van der Waals surface area contributed by atoms with Crippen LogP contribution in [0.15, 0.2) is 11.5 Å². The average molecular weight is 273 g/mol. The summed E-state index contributed by atoms with van der Waals surface area (Å²) in [6, 6.07) is 0.126. The van der Waals surface area contributed by atoms with Crippen LogP contribution >= 0.6 is 11.8 Å². The van der Waals surface area contributed by atoms with E-state index < -0.39 is 5.60 Å². The monoisotopic (exact) mass is 273 g/mol. The molecule has 1 N–H and O–H groups in total. The summed E-state index contributed by atoms with van der Waals surface area (Å²) >= 11 is 1.68. The Labute approximate surface area is 116 Å². The van der Waals surface area contributed by atoms with Gasteiger partial charge >= 0.3 is 6.09 Å². The Morgan fingerprint density at radius 3 is 2.33 bits per heavy atom. The van der Waals surface area contributed by atoms with Crippen LogP contribution in [0, 0.1) is 5.92 Å². The van der Waals surface area contributed by atoms with Crippen molar-refractivity contribution in [1.29, 1.82) is 0 Å². The van der Waals surface area contributed by atoms with Gasteiger partial charge in [-0.1, -0.05) is 20.4 Å². The summed E-state index contributed by atoms with van der Waals surface area (Å²) in [5.41, 5.74) is -0.450. The number of amides is 1. The van der Waals surface area contributed by atoms with Gasteiger partial charge in [0.15, 0.2) is 0 Å². The van der Waals surface area contributed by atoms with Crippen LogP contribution in [0.3, 0.4) is 0 Å². The maximum Gasteiger partial charge on any atom is 0.407 e. The first-order valence-electron chi connectivity index (χ1n) is 6.38. The Bertz CT molecular complexity index is 282. The van der Waals surface area contributed by atoms with Crippen molar-refractivity contribution in [3.8, 4) is 0 Å². The fourth-order valence-corrected chi connectivity index (χ4v) is 2.16. The highest BCUT2D eigenvalue weighted by Crippen LogP contribution is 2.17. The number of ether oxygens (including phenoxy) is 1. The highest BCUT2D eigenvalue weighted by atomic mass is 32.2. The topological polar surface area (TPSA) is 38.3 Å². The predicted molar refractivity (Wildman–Crippen MR) is 79.9 cm³/mol. The first-order valence-corrected chi connectivity index (χ1v) is 7.36. The molecule has 0 unspecified atom stereocenters. The molecule has 0 aromatic heterocycles. The lowest BCUT2D eigenvalue weighted by Gasteiger charge is -2.24. The second kappa shape index (κ2) is 7.72. The van der Waals surface area contributed by atoms with Crippen molar-refractivity contribution in [3.63, 3.8) is 0 Å². The van der Waals surface area contributed by atoms with Gasteiger partial charge in [0.2, 0.25) is 0 Å². The minimum atomic E-state index is -0.450. The van der Waals surface area contributed by atoms with Crippen LogP contribution < -0.4 is 5.32 Å². The van der Waals surface area contributed by atoms with Crippen LogP contribution in [0.2, 0.25) is 0 Å². The number of hydrogen-bond acceptors (Lipinski definition) is 3. The fourth-order valence-electron chi connectivity index (χ4n) is 1.45. The summed E-state index contributed by atoms with van der Waals surface area (Å²) in [6.07, 6.45) is 0.606. The van der Waals surface area contributed by atoms with Gasteiger partial charge in [0, 0.05) is 11.8 Å². The molecule has 3 nitrogen and oxygen atoms in total. The Morgan fingerprint density at radius 2 is 1.94 bits per heavy atom. The zero-order chi connectivity index (χ0) is 14.3. The largest absolute Gasteiger partial charge is 0.444 e. The van der Waals surface area contributed by atoms with Crippen LogP contribution in [0.5, 0.6) is 0 Å². The lowest BCUT2D eigenvalue weighted by Crippen LogP contribution is -2.41. The summed E-state index contributed by atoms with van der Waals surface area (Å²) < 4.78 is 5.27. The molecule has 4 heteroatoms. The molecule has 0 aliphatic rings. The van der Waals surface area contributed by atoms with E-state index in [1.165, 1.54) is 0 Å². The third kappa shape index (κ3) is 10.5. The maximum absolute atomic E-state index is 11.7. The second-order valence-corrected chi connectivity index (χ2v) is 7.30. The number of carbonyl (C=O) groups excluding carboxylic acids is 1. The van der Waals surface area contributed by atoms with Gasteiger partial charge < -0.3 is 10.1 Å². The van der Waals surface area contributed by atoms with E-state index in [-0.39, 0.29) is 12.1 Å². The molecule has 0 bridgehead atoms. The van der Waals surface area contributed by atoms with Gasteiger partial charge in [-0.25, -0.2) is 4.79 Å². The fraction of sp³-hybridized carbons (Fsp3) is 0.786. The highest BCUT2D eigenvalue weighted by Gasteiger charge is 2.20. The number of thioether (sulfide) groups is 1. The van der Waals surface area contributed by atoms with Gasteiger partial charge in [-0.2, -0.15) is 0 Å². The van der Waals surface area contributed by atoms with Crippen LogP contribution in [0.25, 0.3) is 0 Å². The smallest absolute Gasteiger partial charge is 0.407 e. The molecule has 0 aliphatic carbocycles. The molecule has 0 saturated carbocycles. The summed E-state index contributed by atoms with van der Waals surface area (Å²) in [7, 11) is 0. The molecular weight excluding hydrogens is 246 g/mol. The summed E-state index contributed by atoms with van der Waals surface area (Å²) in [6.45, 7) is 15.7. The molecule has 0 saturated heterocycles. The van der Waals surface area contributed by atoms with Gasteiger partial charge in [0.25, 0.3) is 0 Å². The Balaban J connectivity index is 4.30. The molecule has 0 radical (unpaired) electrons. The van der Waals surface area contributed by atoms with Crippen LogP contribution in [-0.2, 0) is 4.74 Å². The third-order valence-corrected chi connectivity index (χ3v) is 3.07. The van der Waals surface area contributed by atoms with Gasteiger partial charge in [0.05, 0.1) is 0 Å². The highest BCUT2D eigenvalue weighted by molar-refractivity contribution is 8.03. The Hall–Kier alpha value is -0.640. The van der Waals surface area contributed by atoms with E-state index in [0.29, 0.717) is 5.92 Å². The zero-order valence-electron chi connectivity index (χ0n) is 12.5. The molecule has 106 valence electrons. The molecule has 0 rings (SSSR count). The van der Waals surface area contributed by atoms with E-state index in [0.717, 1.165) is 17.1 Å². The van der Waals surface area contributed by atoms with E-state index >= 15 is 0 Å². The van der Waals surface area contributed by atoms with E-state index in [2.05, 4.69) is 25.7 Å². The van der Waals surface area contributed by atoms with E-state index in [1.807, 2.05) is 27.7 Å². The third-order valence-electron chi connectivity index (χ3n) is 2.01. The second-order valence-electron chi connectivity index (χ2n) is 5.99. The number of alkyl carbamates (subject to hydrolysis) is 1. The first kappa shape index (κ1) is 17.4. The first-order chi connectivity index (χ1) is 8.10. The van der Waals surface area contributed by atoms with E-state index in [1.54, 1.807) is 11.8 Å². The van der Waals surface area contributed by atoms with Crippen molar-refractivity contribution in [2.75, 3.05) is 5.75 Å². The SMILES string of the molecule is C=C(C)SC[C@H](CC(C)C)NC(=O)OC(C)(C)C. The number of hydrogen-bond donors (Lipinski definition) is 1. The lowest BCUT2D eigenvalue weighted by molar-refractivity contribution is 0.0505. The van der Waals surface area contributed by atoms with E-state index in [4.69, 9.17) is 4.74 Å². The molecule has 0 spiro atoms. The molecular formula is C14H27NO2S. The number of rotatable bonds is 6. The Morgan fingerprint density at radius 1 is 1.39 bits per heavy atom. The van der Waals surface area contributed by atoms with Crippen LogP contribution in [-0.4, -0.2) is 23.5 Å². The van der Waals surface area contributed by atoms with Crippen LogP contribution in [0.1, 0.15) is 48.0 Å². The van der Waals surface area contributed by atoms with Gasteiger partial charge in [-0.05, 0) is 44.9 Å². The van der Waals surface area contributed by atoms with Crippen molar-refractivity contribution in [3.05, 3.63) is 11.5 Å². The Kier molecular flexibility index (Phi) is 7.45. The zero-order valence-corrected chi connectivity index (χ0v) is 13.3. The van der Waals surface area contributed by atoms with Crippen molar-refractivity contribution in [1.82, 2.24) is 5.32 Å². The molecule has 18 heavy (non-hydrogen) atoms. The van der Waals surface area contributed by atoms with Crippen molar-refractivity contribution in [2.24, 2.45) is 5.92 Å². The average Bonchev–Trinajstić information content (AvgIpc) is 2.09. The number of allylic oxidation sites excluding steroid dienone is 1. The van der Waals surface area contributed by atoms with Gasteiger partial charge in [-0.15, -0.1) is 11.8 Å². The lowest BCUT2D eigenvalue weighted by atomic mass is 10.1. The molecule has 0 aromatic rings. The summed E-state index contributed by atoms with van der Waals surface area (Å²) in [5.74, 6) is 1.38. The quantitative estimate of drug-likeness (QED) is 0.788. The van der Waals surface area contributed by atoms with Gasteiger partial charge in [-0.3, -0.25) is 0 Å². The predicted octanol–water partition coefficient (Wildman–Crippen LogP) is 4.19. The summed E-state index contributed by atoms with van der Waals surface area (Å²) in [4.78, 5) is 12.8. The minimum Gasteiger partial charge on any atom is -0.444 e. The van der Waals surface area contributed by atoms with E-state index in [9.17, 15) is 4.79 Å². The molecule has 0 aliphatic heterocycles.